The SMILES string of the molecule is Cc1nn(C)c(=O)c(C(=O)N(CCCO)C(C)C)c1C. The monoisotopic (exact) mass is 281 g/mol. The summed E-state index contributed by atoms with van der Waals surface area (Å²) in [6.45, 7) is 7.74. The van der Waals surface area contributed by atoms with Crippen LogP contribution in [0.25, 0.3) is 0 Å². The van der Waals surface area contributed by atoms with Crippen LogP contribution in [-0.4, -0.2) is 44.9 Å². The molecule has 1 rings (SSSR count). The highest BCUT2D eigenvalue weighted by Crippen LogP contribution is 2.12. The minimum Gasteiger partial charge on any atom is -0.396 e. The van der Waals surface area contributed by atoms with Gasteiger partial charge in [0, 0.05) is 26.2 Å². The Morgan fingerprint density at radius 2 is 2.00 bits per heavy atom. The Morgan fingerprint density at radius 1 is 1.40 bits per heavy atom. The summed E-state index contributed by atoms with van der Waals surface area (Å²) in [5, 5.41) is 13.0. The van der Waals surface area contributed by atoms with Crippen LogP contribution < -0.4 is 5.56 Å². The molecule has 1 N–H and O–H groups in total. The average Bonchev–Trinajstić information content (AvgIpc) is 2.37. The van der Waals surface area contributed by atoms with Crippen molar-refractivity contribution in [2.45, 2.75) is 40.2 Å². The molecule has 0 atom stereocenters. The maximum atomic E-state index is 12.6. The van der Waals surface area contributed by atoms with Crippen LogP contribution in [0.3, 0.4) is 0 Å². The average molecular weight is 281 g/mol. The summed E-state index contributed by atoms with van der Waals surface area (Å²) in [4.78, 5) is 26.4. The minimum absolute atomic E-state index is 0.0167. The molecule has 0 radical (unpaired) electrons. The van der Waals surface area contributed by atoms with Gasteiger partial charge in [0.1, 0.15) is 5.56 Å². The summed E-state index contributed by atoms with van der Waals surface area (Å²) < 4.78 is 1.19. The number of rotatable bonds is 5. The van der Waals surface area contributed by atoms with Crippen molar-refractivity contribution in [3.8, 4) is 0 Å². The first-order valence-corrected chi connectivity index (χ1v) is 6.77. The van der Waals surface area contributed by atoms with E-state index in [-0.39, 0.29) is 29.7 Å². The van der Waals surface area contributed by atoms with Crippen molar-refractivity contribution < 1.29 is 9.90 Å². The highest BCUT2D eigenvalue weighted by molar-refractivity contribution is 5.95. The Kier molecular flexibility index (Phi) is 5.44. The molecule has 0 saturated carbocycles. The Balaban J connectivity index is 3.28. The van der Waals surface area contributed by atoms with E-state index < -0.39 is 0 Å². The van der Waals surface area contributed by atoms with Gasteiger partial charge in [-0.2, -0.15) is 5.10 Å². The van der Waals surface area contributed by atoms with Crippen molar-refractivity contribution in [2.75, 3.05) is 13.2 Å². The zero-order valence-corrected chi connectivity index (χ0v) is 12.8. The van der Waals surface area contributed by atoms with Crippen molar-refractivity contribution >= 4 is 5.91 Å². The van der Waals surface area contributed by atoms with Gasteiger partial charge in [0.05, 0.1) is 5.69 Å². The summed E-state index contributed by atoms with van der Waals surface area (Å²) in [5.41, 5.74) is 1.08. The summed E-state index contributed by atoms with van der Waals surface area (Å²) in [6.07, 6.45) is 0.493. The normalized spacial score (nSPS) is 10.9. The molecule has 0 bridgehead atoms. The fraction of sp³-hybridized carbons (Fsp3) is 0.643. The van der Waals surface area contributed by atoms with Gasteiger partial charge in [0.15, 0.2) is 0 Å². The number of carbonyl (C=O) groups is 1. The molecule has 0 spiro atoms. The molecule has 112 valence electrons. The molecule has 20 heavy (non-hydrogen) atoms. The van der Waals surface area contributed by atoms with Gasteiger partial charge in [0.2, 0.25) is 0 Å². The molecule has 0 aliphatic rings. The van der Waals surface area contributed by atoms with E-state index in [4.69, 9.17) is 5.11 Å². The predicted molar refractivity (Wildman–Crippen MR) is 76.8 cm³/mol. The Morgan fingerprint density at radius 3 is 2.50 bits per heavy atom. The molecular weight excluding hydrogens is 258 g/mol. The first-order valence-electron chi connectivity index (χ1n) is 6.77. The van der Waals surface area contributed by atoms with Crippen LogP contribution in [0, 0.1) is 13.8 Å². The third-order valence-corrected chi connectivity index (χ3v) is 3.38. The first kappa shape index (κ1) is 16.4. The van der Waals surface area contributed by atoms with Crippen LogP contribution in [0.5, 0.6) is 0 Å². The van der Waals surface area contributed by atoms with Crippen molar-refractivity contribution in [1.29, 1.82) is 0 Å². The van der Waals surface area contributed by atoms with E-state index in [1.807, 2.05) is 13.8 Å². The van der Waals surface area contributed by atoms with Gasteiger partial charge in [-0.15, -0.1) is 0 Å². The minimum atomic E-state index is -0.382. The number of aromatic nitrogens is 2. The molecule has 0 saturated heterocycles. The highest BCUT2D eigenvalue weighted by Gasteiger charge is 2.24. The number of hydrogen-bond acceptors (Lipinski definition) is 4. The van der Waals surface area contributed by atoms with E-state index in [0.717, 1.165) is 0 Å². The predicted octanol–water partition coefficient (Wildman–Crippen LogP) is 0.630. The molecule has 1 aromatic heterocycles. The fourth-order valence-electron chi connectivity index (χ4n) is 2.08. The Labute approximate surface area is 119 Å². The zero-order valence-electron chi connectivity index (χ0n) is 12.8. The molecule has 1 aromatic rings. The summed E-state index contributed by atoms with van der Waals surface area (Å²) in [5.74, 6) is -0.294. The lowest BCUT2D eigenvalue weighted by Crippen LogP contribution is -2.42. The highest BCUT2D eigenvalue weighted by atomic mass is 16.3. The van der Waals surface area contributed by atoms with E-state index >= 15 is 0 Å². The van der Waals surface area contributed by atoms with Crippen LogP contribution in [-0.2, 0) is 7.05 Å². The number of nitrogens with zero attached hydrogens (tertiary/aromatic N) is 3. The van der Waals surface area contributed by atoms with Crippen molar-refractivity contribution in [2.24, 2.45) is 7.05 Å². The van der Waals surface area contributed by atoms with Gasteiger partial charge >= 0.3 is 0 Å². The summed E-state index contributed by atoms with van der Waals surface area (Å²) >= 11 is 0. The number of aliphatic hydroxyl groups is 1. The van der Waals surface area contributed by atoms with Crippen molar-refractivity contribution in [3.63, 3.8) is 0 Å². The van der Waals surface area contributed by atoms with Gasteiger partial charge in [-0.25, -0.2) is 4.68 Å². The lowest BCUT2D eigenvalue weighted by Gasteiger charge is -2.27. The Bertz CT molecular complexity index is 549. The largest absolute Gasteiger partial charge is 0.396 e. The Hall–Kier alpha value is -1.69. The first-order chi connectivity index (χ1) is 9.31. The summed E-state index contributed by atoms with van der Waals surface area (Å²) in [7, 11) is 1.54. The molecule has 1 amide bonds. The number of carbonyl (C=O) groups excluding carboxylic acids is 1. The van der Waals surface area contributed by atoms with Gasteiger partial charge in [-0.05, 0) is 39.7 Å². The second-order valence-corrected chi connectivity index (χ2v) is 5.18. The molecular formula is C14H23N3O3. The lowest BCUT2D eigenvalue weighted by atomic mass is 10.1. The van der Waals surface area contributed by atoms with Crippen molar-refractivity contribution in [3.05, 3.63) is 27.2 Å². The zero-order chi connectivity index (χ0) is 15.4. The third-order valence-electron chi connectivity index (χ3n) is 3.38. The number of hydrogen-bond donors (Lipinski definition) is 1. The maximum absolute atomic E-state index is 12.6. The molecule has 1 heterocycles. The molecule has 6 nitrogen and oxygen atoms in total. The molecule has 0 aliphatic heterocycles. The quantitative estimate of drug-likeness (QED) is 0.859. The topological polar surface area (TPSA) is 75.4 Å². The maximum Gasteiger partial charge on any atom is 0.279 e. The van der Waals surface area contributed by atoms with E-state index in [1.165, 1.54) is 4.68 Å². The van der Waals surface area contributed by atoms with Gasteiger partial charge in [0.25, 0.3) is 11.5 Å². The number of aliphatic hydroxyl groups excluding tert-OH is 1. The van der Waals surface area contributed by atoms with Gasteiger partial charge in [-0.1, -0.05) is 0 Å². The standard InChI is InChI=1S/C14H23N3O3/c1-9(2)17(7-6-8-18)14(20)12-10(3)11(4)15-16(5)13(12)19/h9,18H,6-8H2,1-5H3. The van der Waals surface area contributed by atoms with Crippen LogP contribution in [0.1, 0.15) is 41.9 Å². The molecule has 0 aromatic carbocycles. The van der Waals surface area contributed by atoms with Crippen LogP contribution in [0.2, 0.25) is 0 Å². The van der Waals surface area contributed by atoms with E-state index in [0.29, 0.717) is 24.2 Å². The van der Waals surface area contributed by atoms with Crippen LogP contribution >= 0.6 is 0 Å². The fourth-order valence-corrected chi connectivity index (χ4v) is 2.08. The van der Waals surface area contributed by atoms with Crippen molar-refractivity contribution in [1.82, 2.24) is 14.7 Å². The van der Waals surface area contributed by atoms with E-state index in [2.05, 4.69) is 5.10 Å². The van der Waals surface area contributed by atoms with Crippen LogP contribution in [0.15, 0.2) is 4.79 Å². The third kappa shape index (κ3) is 3.25. The smallest absolute Gasteiger partial charge is 0.279 e. The molecule has 6 heteroatoms. The number of amides is 1. The second-order valence-electron chi connectivity index (χ2n) is 5.18. The van der Waals surface area contributed by atoms with E-state index in [1.54, 1.807) is 25.8 Å². The lowest BCUT2D eigenvalue weighted by molar-refractivity contribution is 0.0689. The molecule has 0 aliphatic carbocycles. The molecule has 0 unspecified atom stereocenters. The van der Waals surface area contributed by atoms with Gasteiger partial charge in [-0.3, -0.25) is 9.59 Å². The van der Waals surface area contributed by atoms with Gasteiger partial charge < -0.3 is 10.0 Å². The summed E-state index contributed by atoms with van der Waals surface area (Å²) in [6, 6.07) is -0.0355. The number of aryl methyl sites for hydroxylation is 2. The van der Waals surface area contributed by atoms with Crippen LogP contribution in [0.4, 0.5) is 0 Å². The van der Waals surface area contributed by atoms with E-state index in [9.17, 15) is 9.59 Å². The second kappa shape index (κ2) is 6.65. The molecule has 0 fully saturated rings.